The van der Waals surface area contributed by atoms with Gasteiger partial charge in [-0.2, -0.15) is 0 Å². The molecule has 1 aromatic heterocycles. The molecule has 2 amide bonds. The Bertz CT molecular complexity index is 737. The lowest BCUT2D eigenvalue weighted by molar-refractivity contribution is -0.136. The minimum atomic E-state index is -0.302. The molecule has 1 aliphatic heterocycles. The molecule has 5 nitrogen and oxygen atoms in total. The van der Waals surface area contributed by atoms with E-state index in [1.165, 1.54) is 12.3 Å². The summed E-state index contributed by atoms with van der Waals surface area (Å²) in [4.78, 5) is 28.3. The van der Waals surface area contributed by atoms with E-state index in [4.69, 9.17) is 4.42 Å². The van der Waals surface area contributed by atoms with Crippen molar-refractivity contribution in [1.29, 1.82) is 0 Å². The Morgan fingerprint density at radius 2 is 1.76 bits per heavy atom. The van der Waals surface area contributed by atoms with E-state index in [1.54, 1.807) is 40.1 Å². The van der Waals surface area contributed by atoms with Gasteiger partial charge in [-0.3, -0.25) is 9.59 Å². The summed E-state index contributed by atoms with van der Waals surface area (Å²) < 4.78 is 18.9. The molecule has 1 fully saturated rings. The molecule has 0 spiro atoms. The van der Waals surface area contributed by atoms with E-state index >= 15 is 0 Å². The molecule has 25 heavy (non-hydrogen) atoms. The highest BCUT2D eigenvalue weighted by Gasteiger charge is 2.28. The molecule has 1 saturated heterocycles. The van der Waals surface area contributed by atoms with Gasteiger partial charge in [0.1, 0.15) is 5.82 Å². The number of hydrogen-bond donors (Lipinski definition) is 0. The van der Waals surface area contributed by atoms with Crippen molar-refractivity contribution in [2.75, 3.05) is 26.2 Å². The highest BCUT2D eigenvalue weighted by molar-refractivity contribution is 5.91. The maximum atomic E-state index is 13.8. The molecule has 3 rings (SSSR count). The van der Waals surface area contributed by atoms with E-state index < -0.39 is 0 Å². The van der Waals surface area contributed by atoms with Crippen LogP contribution in [0.2, 0.25) is 0 Å². The summed E-state index contributed by atoms with van der Waals surface area (Å²) in [7, 11) is 0. The van der Waals surface area contributed by atoms with Gasteiger partial charge in [0, 0.05) is 32.1 Å². The van der Waals surface area contributed by atoms with Crippen molar-refractivity contribution in [3.05, 3.63) is 59.8 Å². The number of amides is 2. The van der Waals surface area contributed by atoms with Crippen LogP contribution in [0.25, 0.3) is 0 Å². The number of benzene rings is 1. The zero-order valence-electron chi connectivity index (χ0n) is 14.2. The van der Waals surface area contributed by atoms with Crippen LogP contribution in [-0.2, 0) is 11.2 Å². The second kappa shape index (κ2) is 7.51. The van der Waals surface area contributed by atoms with Crippen molar-refractivity contribution < 1.29 is 18.4 Å². The molecule has 1 aliphatic rings. The van der Waals surface area contributed by atoms with Crippen molar-refractivity contribution in [1.82, 2.24) is 9.80 Å². The fraction of sp³-hybridized carbons (Fsp3) is 0.368. The van der Waals surface area contributed by atoms with Gasteiger partial charge < -0.3 is 14.2 Å². The summed E-state index contributed by atoms with van der Waals surface area (Å²) in [6.45, 7) is 3.71. The summed E-state index contributed by atoms with van der Waals surface area (Å²) in [5, 5.41) is 0. The monoisotopic (exact) mass is 344 g/mol. The lowest BCUT2D eigenvalue weighted by atomic mass is 9.99. The van der Waals surface area contributed by atoms with Crippen molar-refractivity contribution in [2.45, 2.75) is 13.3 Å². The van der Waals surface area contributed by atoms with Crippen LogP contribution < -0.4 is 0 Å². The quantitative estimate of drug-likeness (QED) is 0.857. The Kier molecular flexibility index (Phi) is 5.16. The predicted octanol–water partition coefficient (Wildman–Crippen LogP) is 2.58. The number of carbonyl (C=O) groups is 2. The first-order valence-electron chi connectivity index (χ1n) is 8.41. The Morgan fingerprint density at radius 3 is 2.40 bits per heavy atom. The Hall–Kier alpha value is -2.63. The van der Waals surface area contributed by atoms with E-state index in [0.29, 0.717) is 43.9 Å². The molecule has 0 radical (unpaired) electrons. The smallest absolute Gasteiger partial charge is 0.289 e. The fourth-order valence-electron chi connectivity index (χ4n) is 3.08. The van der Waals surface area contributed by atoms with Crippen LogP contribution in [0.5, 0.6) is 0 Å². The average Bonchev–Trinajstić information content (AvgIpc) is 3.17. The molecule has 1 atom stereocenters. The van der Waals surface area contributed by atoms with Crippen LogP contribution in [0.15, 0.2) is 47.1 Å². The standard InChI is InChI=1S/C19H21FN2O3/c1-14(13-15-5-2-3-6-16(15)20)18(23)21-8-10-22(11-9-21)19(24)17-7-4-12-25-17/h2-7,12,14H,8-11,13H2,1H3/t14-/m1/s1. The Balaban J connectivity index is 1.54. The van der Waals surface area contributed by atoms with Crippen LogP contribution in [0.3, 0.4) is 0 Å². The third-order valence-electron chi connectivity index (χ3n) is 4.52. The highest BCUT2D eigenvalue weighted by Crippen LogP contribution is 2.16. The van der Waals surface area contributed by atoms with Crippen molar-refractivity contribution in [3.8, 4) is 0 Å². The molecular formula is C19H21FN2O3. The van der Waals surface area contributed by atoms with Crippen molar-refractivity contribution in [3.63, 3.8) is 0 Å². The number of rotatable bonds is 4. The third kappa shape index (κ3) is 3.90. The molecule has 1 aromatic carbocycles. The normalized spacial score (nSPS) is 15.9. The zero-order chi connectivity index (χ0) is 17.8. The number of furan rings is 1. The number of piperazine rings is 1. The molecule has 6 heteroatoms. The Morgan fingerprint density at radius 1 is 1.08 bits per heavy atom. The minimum Gasteiger partial charge on any atom is -0.459 e. The highest BCUT2D eigenvalue weighted by atomic mass is 19.1. The summed E-state index contributed by atoms with van der Waals surface area (Å²) in [5.41, 5.74) is 0.551. The van der Waals surface area contributed by atoms with E-state index in [9.17, 15) is 14.0 Å². The largest absolute Gasteiger partial charge is 0.459 e. The third-order valence-corrected chi connectivity index (χ3v) is 4.52. The predicted molar refractivity (Wildman–Crippen MR) is 90.5 cm³/mol. The lowest BCUT2D eigenvalue weighted by Crippen LogP contribution is -2.51. The van der Waals surface area contributed by atoms with E-state index in [1.807, 2.05) is 6.92 Å². The number of halogens is 1. The molecule has 2 heterocycles. The molecule has 132 valence electrons. The van der Waals surface area contributed by atoms with E-state index in [-0.39, 0.29) is 23.5 Å². The molecular weight excluding hydrogens is 323 g/mol. The second-order valence-electron chi connectivity index (χ2n) is 6.29. The van der Waals surface area contributed by atoms with Gasteiger partial charge in [0.25, 0.3) is 5.91 Å². The SMILES string of the molecule is C[C@H](Cc1ccccc1F)C(=O)N1CCN(C(=O)c2ccco2)CC1. The maximum absolute atomic E-state index is 13.8. The Labute approximate surface area is 146 Å². The van der Waals surface area contributed by atoms with E-state index in [0.717, 1.165) is 0 Å². The molecule has 0 saturated carbocycles. The first-order valence-corrected chi connectivity index (χ1v) is 8.41. The second-order valence-corrected chi connectivity index (χ2v) is 6.29. The van der Waals surface area contributed by atoms with Gasteiger partial charge >= 0.3 is 0 Å². The number of hydrogen-bond acceptors (Lipinski definition) is 3. The van der Waals surface area contributed by atoms with Crippen LogP contribution in [-0.4, -0.2) is 47.8 Å². The van der Waals surface area contributed by atoms with Crippen LogP contribution in [0.1, 0.15) is 23.0 Å². The van der Waals surface area contributed by atoms with Crippen LogP contribution in [0.4, 0.5) is 4.39 Å². The molecule has 0 aliphatic carbocycles. The minimum absolute atomic E-state index is 0.00616. The van der Waals surface area contributed by atoms with Gasteiger partial charge in [0.2, 0.25) is 5.91 Å². The van der Waals surface area contributed by atoms with Crippen molar-refractivity contribution in [2.24, 2.45) is 5.92 Å². The zero-order valence-corrected chi connectivity index (χ0v) is 14.2. The van der Waals surface area contributed by atoms with Gasteiger partial charge in [-0.05, 0) is 30.2 Å². The van der Waals surface area contributed by atoms with Crippen LogP contribution in [0, 0.1) is 11.7 Å². The molecule has 0 N–H and O–H groups in total. The van der Waals surface area contributed by atoms with Gasteiger partial charge in [0.15, 0.2) is 5.76 Å². The first kappa shape index (κ1) is 17.2. The summed E-state index contributed by atoms with van der Waals surface area (Å²) in [6, 6.07) is 9.84. The maximum Gasteiger partial charge on any atom is 0.289 e. The fourth-order valence-corrected chi connectivity index (χ4v) is 3.08. The van der Waals surface area contributed by atoms with Crippen molar-refractivity contribution >= 4 is 11.8 Å². The first-order chi connectivity index (χ1) is 12.1. The van der Waals surface area contributed by atoms with Gasteiger partial charge in [-0.25, -0.2) is 4.39 Å². The molecule has 2 aromatic rings. The summed E-state index contributed by atoms with van der Waals surface area (Å²) >= 11 is 0. The molecule has 0 unspecified atom stereocenters. The summed E-state index contributed by atoms with van der Waals surface area (Å²) in [5.74, 6) is -0.433. The lowest BCUT2D eigenvalue weighted by Gasteiger charge is -2.35. The van der Waals surface area contributed by atoms with Gasteiger partial charge in [-0.15, -0.1) is 0 Å². The van der Waals surface area contributed by atoms with Crippen LogP contribution >= 0.6 is 0 Å². The molecule has 0 bridgehead atoms. The van der Waals surface area contributed by atoms with Gasteiger partial charge in [-0.1, -0.05) is 25.1 Å². The average molecular weight is 344 g/mol. The van der Waals surface area contributed by atoms with Gasteiger partial charge in [0.05, 0.1) is 6.26 Å². The number of nitrogens with zero attached hydrogens (tertiary/aromatic N) is 2. The topological polar surface area (TPSA) is 53.8 Å². The number of carbonyl (C=O) groups excluding carboxylic acids is 2. The summed E-state index contributed by atoms with van der Waals surface area (Å²) in [6.07, 6.45) is 1.84. The van der Waals surface area contributed by atoms with E-state index in [2.05, 4.69) is 0 Å².